The fourth-order valence-electron chi connectivity index (χ4n) is 3.91. The number of rotatable bonds is 6. The SMILES string of the molecule is COC(=O)c1cc(C(=O)NCC(C)(C)C)ccc1-c1ccc(O)cc1C(=O)Nc1ccc2nc(N)[nH]c2c1. The summed E-state index contributed by atoms with van der Waals surface area (Å²) in [6.45, 7) is 6.43. The van der Waals surface area contributed by atoms with Crippen molar-refractivity contribution < 1.29 is 24.2 Å². The molecule has 10 nitrogen and oxygen atoms in total. The molecular weight excluding hydrogens is 486 g/mol. The number of fused-ring (bicyclic) bond motifs is 1. The van der Waals surface area contributed by atoms with Gasteiger partial charge in [-0.1, -0.05) is 26.8 Å². The Morgan fingerprint density at radius 3 is 2.39 bits per heavy atom. The van der Waals surface area contributed by atoms with Crippen LogP contribution in [0.5, 0.6) is 5.75 Å². The van der Waals surface area contributed by atoms with Gasteiger partial charge in [0.25, 0.3) is 11.8 Å². The average molecular weight is 516 g/mol. The van der Waals surface area contributed by atoms with E-state index in [1.54, 1.807) is 30.3 Å². The molecule has 4 rings (SSSR count). The zero-order chi connectivity index (χ0) is 27.6. The first-order valence-electron chi connectivity index (χ1n) is 11.9. The van der Waals surface area contributed by atoms with Crippen LogP contribution >= 0.6 is 0 Å². The van der Waals surface area contributed by atoms with Crippen molar-refractivity contribution in [1.82, 2.24) is 15.3 Å². The molecule has 0 aliphatic rings. The number of aromatic amines is 1. The molecule has 0 spiro atoms. The van der Waals surface area contributed by atoms with Gasteiger partial charge in [0.1, 0.15) is 5.75 Å². The minimum absolute atomic E-state index is 0.102. The molecule has 196 valence electrons. The predicted molar refractivity (Wildman–Crippen MR) is 145 cm³/mol. The van der Waals surface area contributed by atoms with Gasteiger partial charge in [-0.15, -0.1) is 0 Å². The number of hydrogen-bond donors (Lipinski definition) is 5. The Bertz CT molecular complexity index is 1550. The summed E-state index contributed by atoms with van der Waals surface area (Å²) in [6, 6.07) is 13.9. The zero-order valence-corrected chi connectivity index (χ0v) is 21.5. The highest BCUT2D eigenvalue weighted by molar-refractivity contribution is 6.11. The van der Waals surface area contributed by atoms with Crippen LogP contribution in [-0.4, -0.2) is 46.5 Å². The van der Waals surface area contributed by atoms with Gasteiger partial charge in [-0.05, 0) is 65.1 Å². The van der Waals surface area contributed by atoms with Gasteiger partial charge in [0.05, 0.1) is 29.3 Å². The van der Waals surface area contributed by atoms with E-state index in [0.717, 1.165) is 0 Å². The van der Waals surface area contributed by atoms with Crippen LogP contribution in [0.4, 0.5) is 11.6 Å². The number of phenols is 1. The molecule has 0 atom stereocenters. The molecule has 1 aromatic heterocycles. The summed E-state index contributed by atoms with van der Waals surface area (Å²) >= 11 is 0. The Kier molecular flexibility index (Phi) is 7.07. The van der Waals surface area contributed by atoms with Gasteiger partial charge in [-0.25, -0.2) is 9.78 Å². The first-order valence-corrected chi connectivity index (χ1v) is 11.9. The van der Waals surface area contributed by atoms with Crippen LogP contribution in [0.25, 0.3) is 22.2 Å². The van der Waals surface area contributed by atoms with Crippen LogP contribution in [0.1, 0.15) is 51.8 Å². The molecule has 0 fully saturated rings. The molecule has 0 aliphatic heterocycles. The number of methoxy groups -OCH3 is 1. The number of carbonyl (C=O) groups is 3. The molecule has 0 bridgehead atoms. The van der Waals surface area contributed by atoms with Gasteiger partial charge in [0.15, 0.2) is 5.95 Å². The van der Waals surface area contributed by atoms with Gasteiger partial charge in [-0.3, -0.25) is 9.59 Å². The topological polar surface area (TPSA) is 159 Å². The zero-order valence-electron chi connectivity index (χ0n) is 21.5. The number of nitrogens with one attached hydrogen (secondary N) is 3. The van der Waals surface area contributed by atoms with E-state index in [1.807, 2.05) is 20.8 Å². The Balaban J connectivity index is 1.72. The Morgan fingerprint density at radius 1 is 0.974 bits per heavy atom. The highest BCUT2D eigenvalue weighted by Crippen LogP contribution is 2.32. The molecular formula is C28H29N5O5. The van der Waals surface area contributed by atoms with Crippen molar-refractivity contribution in [3.8, 4) is 16.9 Å². The summed E-state index contributed by atoms with van der Waals surface area (Å²) in [7, 11) is 1.24. The van der Waals surface area contributed by atoms with E-state index in [-0.39, 0.29) is 39.7 Å². The molecule has 6 N–H and O–H groups in total. The summed E-state index contributed by atoms with van der Waals surface area (Å²) < 4.78 is 4.97. The number of H-pyrrole nitrogens is 1. The molecule has 2 amide bonds. The van der Waals surface area contributed by atoms with E-state index in [9.17, 15) is 19.5 Å². The first kappa shape index (κ1) is 26.2. The van der Waals surface area contributed by atoms with Crippen molar-refractivity contribution in [2.75, 3.05) is 24.7 Å². The Hall–Kier alpha value is -4.86. The summed E-state index contributed by atoms with van der Waals surface area (Å²) in [5.74, 6) is -1.41. The Morgan fingerprint density at radius 2 is 1.68 bits per heavy atom. The largest absolute Gasteiger partial charge is 0.508 e. The number of phenolic OH excluding ortho intramolecular Hbond substituents is 1. The quantitative estimate of drug-likeness (QED) is 0.239. The maximum Gasteiger partial charge on any atom is 0.338 e. The normalized spacial score (nSPS) is 11.3. The lowest BCUT2D eigenvalue weighted by molar-refractivity contribution is 0.0601. The third-order valence-corrected chi connectivity index (χ3v) is 5.76. The van der Waals surface area contributed by atoms with E-state index in [1.165, 1.54) is 31.4 Å². The summed E-state index contributed by atoms with van der Waals surface area (Å²) in [5, 5.41) is 15.8. The number of hydrogen-bond acceptors (Lipinski definition) is 7. The van der Waals surface area contributed by atoms with Crippen LogP contribution in [0.3, 0.4) is 0 Å². The number of benzene rings is 3. The predicted octanol–water partition coefficient (Wildman–Crippen LogP) is 4.33. The first-order chi connectivity index (χ1) is 17.9. The lowest BCUT2D eigenvalue weighted by Crippen LogP contribution is -2.32. The fraction of sp³-hybridized carbons (Fsp3) is 0.214. The third kappa shape index (κ3) is 5.75. The molecule has 38 heavy (non-hydrogen) atoms. The number of amides is 2. The molecule has 3 aromatic carbocycles. The second kappa shape index (κ2) is 10.3. The number of carbonyl (C=O) groups excluding carboxylic acids is 3. The summed E-state index contributed by atoms with van der Waals surface area (Å²) in [4.78, 5) is 45.9. The summed E-state index contributed by atoms with van der Waals surface area (Å²) in [6.07, 6.45) is 0. The van der Waals surface area contributed by atoms with Crippen molar-refractivity contribution >= 4 is 40.5 Å². The van der Waals surface area contributed by atoms with E-state index < -0.39 is 11.9 Å². The van der Waals surface area contributed by atoms with Crippen LogP contribution in [0.2, 0.25) is 0 Å². The minimum Gasteiger partial charge on any atom is -0.508 e. The van der Waals surface area contributed by atoms with Crippen molar-refractivity contribution in [3.63, 3.8) is 0 Å². The standard InChI is InChI=1S/C28H29N5O5/c1-28(2,3)14-30-24(35)15-5-8-19(21(11-15)26(37)38-4)18-9-7-17(34)13-20(18)25(36)31-16-6-10-22-23(12-16)33-27(29)32-22/h5-13,34H,14H2,1-4H3,(H,30,35)(H,31,36)(H3,29,32,33). The number of nitrogen functional groups attached to an aromatic ring is 1. The van der Waals surface area contributed by atoms with Crippen molar-refractivity contribution in [2.45, 2.75) is 20.8 Å². The van der Waals surface area contributed by atoms with Crippen molar-refractivity contribution in [3.05, 3.63) is 71.3 Å². The van der Waals surface area contributed by atoms with E-state index in [2.05, 4.69) is 20.6 Å². The number of imidazole rings is 1. The molecule has 0 saturated carbocycles. The van der Waals surface area contributed by atoms with Crippen LogP contribution in [0, 0.1) is 5.41 Å². The van der Waals surface area contributed by atoms with Gasteiger partial charge >= 0.3 is 5.97 Å². The number of nitrogens with zero attached hydrogens (tertiary/aromatic N) is 1. The fourth-order valence-corrected chi connectivity index (χ4v) is 3.91. The number of aromatic hydroxyl groups is 1. The highest BCUT2D eigenvalue weighted by Gasteiger charge is 2.22. The van der Waals surface area contributed by atoms with Gasteiger partial charge in [-0.2, -0.15) is 0 Å². The number of esters is 1. The summed E-state index contributed by atoms with van der Waals surface area (Å²) in [5.41, 5.74) is 8.57. The van der Waals surface area contributed by atoms with Crippen LogP contribution in [0.15, 0.2) is 54.6 Å². The molecule has 4 aromatic rings. The van der Waals surface area contributed by atoms with Crippen LogP contribution in [-0.2, 0) is 4.74 Å². The van der Waals surface area contributed by atoms with E-state index >= 15 is 0 Å². The van der Waals surface area contributed by atoms with E-state index in [4.69, 9.17) is 10.5 Å². The molecule has 10 heteroatoms. The lowest BCUT2D eigenvalue weighted by Gasteiger charge is -2.19. The van der Waals surface area contributed by atoms with Crippen molar-refractivity contribution in [1.29, 1.82) is 0 Å². The second-order valence-corrected chi connectivity index (χ2v) is 10.0. The third-order valence-electron chi connectivity index (χ3n) is 5.76. The number of anilines is 2. The minimum atomic E-state index is -0.674. The molecule has 0 radical (unpaired) electrons. The Labute approximate surface area is 219 Å². The maximum atomic E-state index is 13.4. The average Bonchev–Trinajstić information content (AvgIpc) is 3.25. The van der Waals surface area contributed by atoms with Crippen LogP contribution < -0.4 is 16.4 Å². The number of ether oxygens (including phenoxy) is 1. The lowest BCUT2D eigenvalue weighted by atomic mass is 9.92. The monoisotopic (exact) mass is 515 g/mol. The molecule has 0 saturated heterocycles. The van der Waals surface area contributed by atoms with E-state index in [0.29, 0.717) is 34.4 Å². The highest BCUT2D eigenvalue weighted by atomic mass is 16.5. The maximum absolute atomic E-state index is 13.4. The smallest absolute Gasteiger partial charge is 0.338 e. The van der Waals surface area contributed by atoms with Gasteiger partial charge < -0.3 is 31.2 Å². The molecule has 0 aliphatic carbocycles. The van der Waals surface area contributed by atoms with Gasteiger partial charge in [0.2, 0.25) is 0 Å². The number of aromatic nitrogens is 2. The number of nitrogens with two attached hydrogens (primary N) is 1. The molecule has 1 heterocycles. The van der Waals surface area contributed by atoms with Crippen molar-refractivity contribution in [2.24, 2.45) is 5.41 Å². The molecule has 0 unspecified atom stereocenters. The van der Waals surface area contributed by atoms with Gasteiger partial charge in [0, 0.05) is 17.8 Å². The second-order valence-electron chi connectivity index (χ2n) is 10.0.